The molecule has 4 aromatic rings. The molecule has 1 atom stereocenters. The molecule has 2 amide bonds. The number of thioether (sulfide) groups is 1. The van der Waals surface area contributed by atoms with E-state index < -0.39 is 29.6 Å². The summed E-state index contributed by atoms with van der Waals surface area (Å²) in [6.07, 6.45) is -0.0627. The number of ketones is 1. The average Bonchev–Trinajstić information content (AvgIpc) is 3.28. The second-order valence-corrected chi connectivity index (χ2v) is 11.6. The maximum atomic E-state index is 13.3. The number of pyridine rings is 1. The van der Waals surface area contributed by atoms with Crippen molar-refractivity contribution >= 4 is 56.9 Å². The van der Waals surface area contributed by atoms with Crippen LogP contribution >= 0.6 is 27.7 Å². The van der Waals surface area contributed by atoms with Gasteiger partial charge < -0.3 is 4.74 Å². The van der Waals surface area contributed by atoms with E-state index >= 15 is 0 Å². The van der Waals surface area contributed by atoms with E-state index in [1.807, 2.05) is 31.2 Å². The molecule has 3 aromatic carbocycles. The Hall–Kier alpha value is -4.59. The van der Waals surface area contributed by atoms with Gasteiger partial charge in [0.15, 0.2) is 12.4 Å². The lowest BCUT2D eigenvalue weighted by molar-refractivity contribution is -0.121. The van der Waals surface area contributed by atoms with Crippen molar-refractivity contribution in [1.29, 1.82) is 5.26 Å². The molecule has 8 nitrogen and oxygen atoms in total. The van der Waals surface area contributed by atoms with E-state index in [1.165, 1.54) is 24.3 Å². The van der Waals surface area contributed by atoms with Gasteiger partial charge in [0.2, 0.25) is 11.8 Å². The molecule has 208 valence electrons. The Morgan fingerprint density at radius 3 is 2.31 bits per heavy atom. The van der Waals surface area contributed by atoms with Crippen LogP contribution in [0.2, 0.25) is 0 Å². The molecule has 0 spiro atoms. The Balaban J connectivity index is 1.26. The van der Waals surface area contributed by atoms with Crippen LogP contribution in [0, 0.1) is 18.3 Å². The molecule has 5 rings (SSSR count). The highest BCUT2D eigenvalue weighted by atomic mass is 79.9. The number of aryl methyl sites for hydroxylation is 1. The Labute approximate surface area is 254 Å². The number of Topliss-reactive ketones (excluding diaryl/α,β-unsaturated/α-hetero) is 1. The molecule has 1 aliphatic heterocycles. The average molecular weight is 641 g/mol. The highest BCUT2D eigenvalue weighted by Crippen LogP contribution is 2.35. The Kier molecular flexibility index (Phi) is 8.61. The second kappa shape index (κ2) is 12.5. The van der Waals surface area contributed by atoms with Crippen LogP contribution in [-0.2, 0) is 14.3 Å². The summed E-state index contributed by atoms with van der Waals surface area (Å²) in [6, 6.07) is 25.9. The van der Waals surface area contributed by atoms with Crippen molar-refractivity contribution in [2.45, 2.75) is 23.6 Å². The molecular weight excluding hydrogens is 618 g/mol. The molecule has 2 heterocycles. The molecule has 1 saturated heterocycles. The van der Waals surface area contributed by atoms with Crippen molar-refractivity contribution in [2.24, 2.45) is 0 Å². The standard InChI is InChI=1S/C32H22BrN3O5S/c1-19-2-4-20(5-3-19)26-15-10-23(17-34)30(35-26)42-28-16-29(38)36(31(28)39)25-13-8-22(9-14-25)32(40)41-18-27(37)21-6-11-24(33)12-7-21/h2-15,28H,16,18H2,1H3. The first-order chi connectivity index (χ1) is 20.2. The number of ether oxygens (including phenoxy) is 1. The third-order valence-corrected chi connectivity index (χ3v) is 8.26. The third-order valence-electron chi connectivity index (χ3n) is 6.55. The molecule has 0 bridgehead atoms. The van der Waals surface area contributed by atoms with Gasteiger partial charge in [0.05, 0.1) is 27.8 Å². The number of nitriles is 1. The smallest absolute Gasteiger partial charge is 0.338 e. The summed E-state index contributed by atoms with van der Waals surface area (Å²) in [5.74, 6) is -1.89. The monoisotopic (exact) mass is 639 g/mol. The van der Waals surface area contributed by atoms with E-state index in [4.69, 9.17) is 4.74 Å². The summed E-state index contributed by atoms with van der Waals surface area (Å²) in [6.45, 7) is 1.56. The number of hydrogen-bond donors (Lipinski definition) is 0. The lowest BCUT2D eigenvalue weighted by atomic mass is 10.1. The number of anilines is 1. The lowest BCUT2D eigenvalue weighted by Gasteiger charge is -2.15. The zero-order valence-electron chi connectivity index (χ0n) is 22.2. The second-order valence-electron chi connectivity index (χ2n) is 9.46. The molecule has 0 radical (unpaired) electrons. The quantitative estimate of drug-likeness (QED) is 0.128. The van der Waals surface area contributed by atoms with E-state index in [9.17, 15) is 24.4 Å². The Morgan fingerprint density at radius 2 is 1.64 bits per heavy atom. The summed E-state index contributed by atoms with van der Waals surface area (Å²) in [5.41, 5.74) is 3.84. The van der Waals surface area contributed by atoms with Gasteiger partial charge in [-0.25, -0.2) is 14.7 Å². The minimum absolute atomic E-state index is 0.0627. The summed E-state index contributed by atoms with van der Waals surface area (Å²) < 4.78 is 5.98. The number of esters is 1. The summed E-state index contributed by atoms with van der Waals surface area (Å²) >= 11 is 4.39. The predicted octanol–water partition coefficient (Wildman–Crippen LogP) is 6.16. The van der Waals surface area contributed by atoms with Gasteiger partial charge in [-0.3, -0.25) is 14.4 Å². The number of hydrogen-bond acceptors (Lipinski definition) is 8. The number of benzene rings is 3. The summed E-state index contributed by atoms with van der Waals surface area (Å²) in [4.78, 5) is 56.7. The molecular formula is C32H22BrN3O5S. The lowest BCUT2D eigenvalue weighted by Crippen LogP contribution is -2.31. The van der Waals surface area contributed by atoms with Crippen molar-refractivity contribution < 1.29 is 23.9 Å². The first-order valence-electron chi connectivity index (χ1n) is 12.8. The van der Waals surface area contributed by atoms with E-state index in [0.29, 0.717) is 27.5 Å². The van der Waals surface area contributed by atoms with Gasteiger partial charge in [-0.2, -0.15) is 5.26 Å². The molecule has 0 aliphatic carbocycles. The van der Waals surface area contributed by atoms with Crippen LogP contribution in [0.1, 0.15) is 38.3 Å². The van der Waals surface area contributed by atoms with Gasteiger partial charge in [0.25, 0.3) is 0 Å². The van der Waals surface area contributed by atoms with Crippen LogP contribution in [0.5, 0.6) is 0 Å². The molecule has 42 heavy (non-hydrogen) atoms. The fourth-order valence-corrected chi connectivity index (χ4v) is 5.64. The van der Waals surface area contributed by atoms with Gasteiger partial charge in [0.1, 0.15) is 11.1 Å². The van der Waals surface area contributed by atoms with Crippen LogP contribution in [0.15, 0.2) is 94.4 Å². The van der Waals surface area contributed by atoms with E-state index in [1.54, 1.807) is 36.4 Å². The van der Waals surface area contributed by atoms with Gasteiger partial charge in [-0.1, -0.05) is 69.7 Å². The molecule has 10 heteroatoms. The first-order valence-corrected chi connectivity index (χ1v) is 14.5. The number of halogens is 1. The summed E-state index contributed by atoms with van der Waals surface area (Å²) in [7, 11) is 0. The molecule has 0 saturated carbocycles. The number of aromatic nitrogens is 1. The highest BCUT2D eigenvalue weighted by molar-refractivity contribution is 9.10. The van der Waals surface area contributed by atoms with Crippen LogP contribution in [-0.4, -0.2) is 40.4 Å². The zero-order valence-corrected chi connectivity index (χ0v) is 24.6. The number of imide groups is 1. The molecule has 1 unspecified atom stereocenters. The van der Waals surface area contributed by atoms with Crippen molar-refractivity contribution in [1.82, 2.24) is 4.98 Å². The molecule has 0 N–H and O–H groups in total. The van der Waals surface area contributed by atoms with Gasteiger partial charge in [0, 0.05) is 22.0 Å². The highest BCUT2D eigenvalue weighted by Gasteiger charge is 2.40. The molecule has 1 aromatic heterocycles. The predicted molar refractivity (Wildman–Crippen MR) is 161 cm³/mol. The van der Waals surface area contributed by atoms with Crippen LogP contribution in [0.3, 0.4) is 0 Å². The first kappa shape index (κ1) is 28.9. The van der Waals surface area contributed by atoms with Crippen molar-refractivity contribution in [3.8, 4) is 17.3 Å². The van der Waals surface area contributed by atoms with Crippen molar-refractivity contribution in [2.75, 3.05) is 11.5 Å². The minimum Gasteiger partial charge on any atom is -0.454 e. The van der Waals surface area contributed by atoms with Crippen LogP contribution < -0.4 is 4.90 Å². The largest absolute Gasteiger partial charge is 0.454 e. The maximum Gasteiger partial charge on any atom is 0.338 e. The van der Waals surface area contributed by atoms with Gasteiger partial charge in [-0.15, -0.1) is 0 Å². The topological polar surface area (TPSA) is 117 Å². The number of carbonyl (C=O) groups is 4. The fourth-order valence-electron chi connectivity index (χ4n) is 4.28. The number of amides is 2. The number of carbonyl (C=O) groups excluding carboxylic acids is 4. The fraction of sp³-hybridized carbons (Fsp3) is 0.125. The van der Waals surface area contributed by atoms with E-state index in [0.717, 1.165) is 32.3 Å². The van der Waals surface area contributed by atoms with Gasteiger partial charge in [-0.05, 0) is 55.5 Å². The zero-order chi connectivity index (χ0) is 29.8. The number of rotatable bonds is 8. The maximum absolute atomic E-state index is 13.3. The van der Waals surface area contributed by atoms with Crippen LogP contribution in [0.25, 0.3) is 11.3 Å². The summed E-state index contributed by atoms with van der Waals surface area (Å²) in [5, 5.41) is 9.23. The van der Waals surface area contributed by atoms with E-state index in [-0.39, 0.29) is 17.8 Å². The van der Waals surface area contributed by atoms with Crippen LogP contribution in [0.4, 0.5) is 5.69 Å². The van der Waals surface area contributed by atoms with Crippen molar-refractivity contribution in [3.05, 3.63) is 112 Å². The normalized spacial score (nSPS) is 14.5. The number of nitrogens with zero attached hydrogens (tertiary/aromatic N) is 3. The molecule has 1 aliphatic rings. The molecule has 1 fully saturated rings. The minimum atomic E-state index is -0.764. The van der Waals surface area contributed by atoms with Crippen molar-refractivity contribution in [3.63, 3.8) is 0 Å². The SMILES string of the molecule is Cc1ccc(-c2ccc(C#N)c(SC3CC(=O)N(c4ccc(C(=O)OCC(=O)c5ccc(Br)cc5)cc4)C3=O)n2)cc1. The Bertz CT molecular complexity index is 1730. The third kappa shape index (κ3) is 6.33. The van der Waals surface area contributed by atoms with E-state index in [2.05, 4.69) is 27.0 Å². The van der Waals surface area contributed by atoms with Gasteiger partial charge >= 0.3 is 5.97 Å². The Morgan fingerprint density at radius 1 is 0.976 bits per heavy atom.